The largest absolute Gasteiger partial charge is 0.507 e. The number of para-hydroxylation sites is 1. The second-order valence-electron chi connectivity index (χ2n) is 3.86. The van der Waals surface area contributed by atoms with Gasteiger partial charge in [0.25, 0.3) is 0 Å². The van der Waals surface area contributed by atoms with Crippen molar-refractivity contribution in [2.24, 2.45) is 0 Å². The van der Waals surface area contributed by atoms with Crippen LogP contribution >= 0.6 is 23.5 Å². The maximum atomic E-state index is 12.2. The second kappa shape index (κ2) is 5.67. The summed E-state index contributed by atoms with van der Waals surface area (Å²) in [6.07, 6.45) is 0. The number of benzene rings is 1. The van der Waals surface area contributed by atoms with Crippen molar-refractivity contribution in [3.63, 3.8) is 0 Å². The van der Waals surface area contributed by atoms with Crippen molar-refractivity contribution >= 4 is 35.2 Å². The summed E-state index contributed by atoms with van der Waals surface area (Å²) < 4.78 is -0.256. The van der Waals surface area contributed by atoms with Gasteiger partial charge in [0.15, 0.2) is 5.78 Å². The van der Waals surface area contributed by atoms with Crippen LogP contribution in [0.5, 0.6) is 5.75 Å². The van der Waals surface area contributed by atoms with Crippen LogP contribution in [0.25, 0.3) is 0 Å². The molecule has 96 valence electrons. The Morgan fingerprint density at radius 2 is 1.89 bits per heavy atom. The van der Waals surface area contributed by atoms with Crippen LogP contribution in [0.2, 0.25) is 0 Å². The molecule has 0 unspecified atom stereocenters. The average Bonchev–Trinajstić information content (AvgIpc) is 2.38. The minimum Gasteiger partial charge on any atom is -0.507 e. The molecule has 1 heterocycles. The minimum atomic E-state index is -0.256. The molecule has 1 aliphatic rings. The van der Waals surface area contributed by atoms with Crippen molar-refractivity contribution in [1.29, 1.82) is 0 Å². The van der Waals surface area contributed by atoms with E-state index in [1.807, 2.05) is 0 Å². The van der Waals surface area contributed by atoms with Gasteiger partial charge in [-0.2, -0.15) is 0 Å². The molecule has 1 fully saturated rings. The number of carbonyl (C=O) groups is 2. The van der Waals surface area contributed by atoms with Gasteiger partial charge in [0.1, 0.15) is 10.3 Å². The van der Waals surface area contributed by atoms with Gasteiger partial charge in [-0.25, -0.2) is 0 Å². The van der Waals surface area contributed by atoms with Gasteiger partial charge in [-0.15, -0.1) is 23.5 Å². The molecule has 1 aromatic carbocycles. The van der Waals surface area contributed by atoms with Crippen molar-refractivity contribution in [3.05, 3.63) is 29.8 Å². The maximum Gasteiger partial charge on any atom is 0.220 e. The van der Waals surface area contributed by atoms with Crippen molar-refractivity contribution in [2.75, 3.05) is 11.8 Å². The highest BCUT2D eigenvalue weighted by atomic mass is 32.2. The zero-order chi connectivity index (χ0) is 13.1. The summed E-state index contributed by atoms with van der Waals surface area (Å²) in [6.45, 7) is 1.52. The summed E-state index contributed by atoms with van der Waals surface area (Å²) in [7, 11) is 0. The Labute approximate surface area is 114 Å². The van der Waals surface area contributed by atoms with Gasteiger partial charge in [-0.1, -0.05) is 12.1 Å². The monoisotopic (exact) mass is 283 g/mol. The Hall–Kier alpha value is -1.14. The molecule has 6 heteroatoms. The third kappa shape index (κ3) is 2.81. The topological polar surface area (TPSA) is 57.6 Å². The van der Waals surface area contributed by atoms with Crippen LogP contribution in [-0.4, -0.2) is 38.0 Å². The third-order valence-corrected chi connectivity index (χ3v) is 5.36. The number of Topliss-reactive ketones (excluding diaryl/α,β-unsaturated/α-hetero) is 1. The molecule has 0 spiro atoms. The standard InChI is InChI=1S/C12H13NO3S2/c1-8(14)13-6-17-12(18-7-13)11(16)9-4-2-3-5-10(9)15/h2-5,12,15H,6-7H2,1H3. The number of phenolic OH excluding ortho intramolecular Hbond substituents is 1. The fourth-order valence-electron chi connectivity index (χ4n) is 1.54. The smallest absolute Gasteiger partial charge is 0.220 e. The first-order valence-electron chi connectivity index (χ1n) is 5.40. The molecule has 0 aliphatic carbocycles. The number of phenols is 1. The van der Waals surface area contributed by atoms with Gasteiger partial charge in [-0.05, 0) is 12.1 Å². The quantitative estimate of drug-likeness (QED) is 0.843. The number of aromatic hydroxyl groups is 1. The number of nitrogens with zero attached hydrogens (tertiary/aromatic N) is 1. The lowest BCUT2D eigenvalue weighted by molar-refractivity contribution is -0.127. The molecule has 0 atom stereocenters. The number of thioether (sulfide) groups is 2. The van der Waals surface area contributed by atoms with E-state index in [-0.39, 0.29) is 22.0 Å². The zero-order valence-corrected chi connectivity index (χ0v) is 11.5. The van der Waals surface area contributed by atoms with Crippen molar-refractivity contribution in [3.8, 4) is 5.75 Å². The van der Waals surface area contributed by atoms with Crippen LogP contribution in [-0.2, 0) is 4.79 Å². The number of hydrogen-bond donors (Lipinski definition) is 1. The SMILES string of the molecule is CC(=O)N1CSC(C(=O)c2ccccc2O)SC1. The predicted molar refractivity (Wildman–Crippen MR) is 73.7 cm³/mol. The molecule has 2 rings (SSSR count). The molecule has 1 aliphatic heterocycles. The zero-order valence-electron chi connectivity index (χ0n) is 9.83. The van der Waals surface area contributed by atoms with Crippen LogP contribution in [0.4, 0.5) is 0 Å². The Balaban J connectivity index is 2.04. The molecule has 4 nitrogen and oxygen atoms in total. The van der Waals surface area contributed by atoms with E-state index in [0.717, 1.165) is 0 Å². The van der Waals surface area contributed by atoms with Crippen LogP contribution < -0.4 is 0 Å². The summed E-state index contributed by atoms with van der Waals surface area (Å²) in [5.74, 6) is 0.978. The summed E-state index contributed by atoms with van der Waals surface area (Å²) >= 11 is 2.84. The van der Waals surface area contributed by atoms with Crippen LogP contribution in [0.3, 0.4) is 0 Å². The molecule has 18 heavy (non-hydrogen) atoms. The summed E-state index contributed by atoms with van der Waals surface area (Å²) in [4.78, 5) is 25.1. The molecule has 0 bridgehead atoms. The lowest BCUT2D eigenvalue weighted by Crippen LogP contribution is -2.35. The van der Waals surface area contributed by atoms with E-state index >= 15 is 0 Å². The van der Waals surface area contributed by atoms with Crippen LogP contribution in [0.15, 0.2) is 24.3 Å². The third-order valence-electron chi connectivity index (χ3n) is 2.59. The van der Waals surface area contributed by atoms with Gasteiger partial charge in [0.05, 0.1) is 17.3 Å². The van der Waals surface area contributed by atoms with E-state index in [0.29, 0.717) is 17.3 Å². The lowest BCUT2D eigenvalue weighted by atomic mass is 10.1. The summed E-state index contributed by atoms with van der Waals surface area (Å²) in [6, 6.07) is 6.54. The minimum absolute atomic E-state index is 0.0118. The van der Waals surface area contributed by atoms with Crippen molar-refractivity contribution < 1.29 is 14.7 Å². The fourth-order valence-corrected chi connectivity index (χ4v) is 4.14. The number of amides is 1. The summed E-state index contributed by atoms with van der Waals surface area (Å²) in [5, 5.41) is 9.65. The van der Waals surface area contributed by atoms with Gasteiger partial charge in [0, 0.05) is 6.92 Å². The van der Waals surface area contributed by atoms with E-state index in [1.165, 1.54) is 36.5 Å². The number of hydrogen-bond acceptors (Lipinski definition) is 5. The molecular formula is C12H13NO3S2. The Morgan fingerprint density at radius 1 is 1.28 bits per heavy atom. The average molecular weight is 283 g/mol. The fraction of sp³-hybridized carbons (Fsp3) is 0.333. The molecule has 0 aromatic heterocycles. The van der Waals surface area contributed by atoms with Gasteiger partial charge >= 0.3 is 0 Å². The molecule has 1 saturated heterocycles. The Bertz CT molecular complexity index is 470. The van der Waals surface area contributed by atoms with E-state index in [2.05, 4.69) is 0 Å². The Morgan fingerprint density at radius 3 is 2.44 bits per heavy atom. The maximum absolute atomic E-state index is 12.2. The molecule has 1 amide bonds. The van der Waals surface area contributed by atoms with E-state index in [9.17, 15) is 14.7 Å². The van der Waals surface area contributed by atoms with E-state index < -0.39 is 0 Å². The van der Waals surface area contributed by atoms with Gasteiger partial charge in [-0.3, -0.25) is 9.59 Å². The lowest BCUT2D eigenvalue weighted by Gasteiger charge is -2.29. The Kier molecular flexibility index (Phi) is 4.19. The first-order chi connectivity index (χ1) is 8.59. The van der Waals surface area contributed by atoms with E-state index in [4.69, 9.17) is 0 Å². The number of ketones is 1. The highest BCUT2D eigenvalue weighted by molar-refractivity contribution is 8.18. The molecule has 0 radical (unpaired) electrons. The molecule has 0 saturated carbocycles. The normalized spacial score (nSPS) is 16.6. The van der Waals surface area contributed by atoms with Crippen LogP contribution in [0, 0.1) is 0 Å². The molecule has 1 N–H and O–H groups in total. The van der Waals surface area contributed by atoms with E-state index in [1.54, 1.807) is 23.1 Å². The first-order valence-corrected chi connectivity index (χ1v) is 7.50. The highest BCUT2D eigenvalue weighted by Gasteiger charge is 2.29. The number of carbonyl (C=O) groups excluding carboxylic acids is 2. The van der Waals surface area contributed by atoms with Crippen molar-refractivity contribution in [2.45, 2.75) is 11.5 Å². The second-order valence-corrected chi connectivity index (χ2v) is 6.29. The van der Waals surface area contributed by atoms with Gasteiger partial charge < -0.3 is 10.0 Å². The van der Waals surface area contributed by atoms with Crippen molar-refractivity contribution in [1.82, 2.24) is 4.90 Å². The highest BCUT2D eigenvalue weighted by Crippen LogP contribution is 2.34. The summed E-state index contributed by atoms with van der Waals surface area (Å²) in [5.41, 5.74) is 0.346. The number of rotatable bonds is 2. The molecule has 1 aromatic rings. The van der Waals surface area contributed by atoms with Crippen LogP contribution in [0.1, 0.15) is 17.3 Å². The first kappa shape index (κ1) is 13.3. The van der Waals surface area contributed by atoms with Gasteiger partial charge in [0.2, 0.25) is 5.91 Å². The molecular weight excluding hydrogens is 270 g/mol. The predicted octanol–water partition coefficient (Wildman–Crippen LogP) is 2.14.